The van der Waals surface area contributed by atoms with E-state index in [9.17, 15) is 17.6 Å². The summed E-state index contributed by atoms with van der Waals surface area (Å²) in [5.41, 5.74) is 0. The summed E-state index contributed by atoms with van der Waals surface area (Å²) in [5.74, 6) is -5.91. The number of rotatable bonds is 0. The van der Waals surface area contributed by atoms with E-state index in [0.717, 1.165) is 12.1 Å². The highest BCUT2D eigenvalue weighted by Crippen LogP contribution is 2.48. The first-order valence-electron chi connectivity index (χ1n) is 4.89. The van der Waals surface area contributed by atoms with E-state index in [1.807, 2.05) is 0 Å². The summed E-state index contributed by atoms with van der Waals surface area (Å²) in [6.07, 6.45) is 0. The Hall–Kier alpha value is -2.24. The molecule has 6 heteroatoms. The van der Waals surface area contributed by atoms with Crippen molar-refractivity contribution in [2.45, 2.75) is 0 Å². The standard InChI is InChI=1S/C12H4F4O2/c13-5-1-2-8-9(3-5)18-11-7(15)4-6(14)10(16)12(11)17-8/h1-4H. The van der Waals surface area contributed by atoms with Crippen LogP contribution in [0.1, 0.15) is 0 Å². The molecule has 18 heavy (non-hydrogen) atoms. The largest absolute Gasteiger partial charge is 0.446 e. The molecular weight excluding hydrogens is 252 g/mol. The lowest BCUT2D eigenvalue weighted by Crippen LogP contribution is -2.05. The lowest BCUT2D eigenvalue weighted by atomic mass is 10.2. The Kier molecular flexibility index (Phi) is 2.19. The number of fused-ring (bicyclic) bond motifs is 2. The monoisotopic (exact) mass is 256 g/mol. The molecule has 0 atom stereocenters. The first-order valence-corrected chi connectivity index (χ1v) is 4.89. The maximum atomic E-state index is 13.4. The van der Waals surface area contributed by atoms with Gasteiger partial charge < -0.3 is 9.47 Å². The van der Waals surface area contributed by atoms with Crippen molar-refractivity contribution in [3.05, 3.63) is 47.5 Å². The van der Waals surface area contributed by atoms with Crippen molar-refractivity contribution >= 4 is 0 Å². The average molecular weight is 256 g/mol. The molecule has 1 aliphatic heterocycles. The smallest absolute Gasteiger partial charge is 0.211 e. The Balaban J connectivity index is 2.19. The first-order chi connectivity index (χ1) is 8.56. The van der Waals surface area contributed by atoms with Crippen LogP contribution in [-0.2, 0) is 0 Å². The van der Waals surface area contributed by atoms with Gasteiger partial charge in [-0.1, -0.05) is 0 Å². The van der Waals surface area contributed by atoms with Crippen molar-refractivity contribution in [2.24, 2.45) is 0 Å². The summed E-state index contributed by atoms with van der Waals surface area (Å²) in [6, 6.07) is 3.53. The van der Waals surface area contributed by atoms with Gasteiger partial charge >= 0.3 is 0 Å². The van der Waals surface area contributed by atoms with E-state index in [-0.39, 0.29) is 11.5 Å². The fraction of sp³-hybridized carbons (Fsp3) is 0. The van der Waals surface area contributed by atoms with Gasteiger partial charge in [-0.25, -0.2) is 13.2 Å². The zero-order chi connectivity index (χ0) is 12.9. The topological polar surface area (TPSA) is 18.5 Å². The van der Waals surface area contributed by atoms with E-state index < -0.39 is 34.8 Å². The van der Waals surface area contributed by atoms with Gasteiger partial charge in [0.2, 0.25) is 17.3 Å². The zero-order valence-corrected chi connectivity index (χ0v) is 8.64. The number of ether oxygens (including phenoxy) is 2. The van der Waals surface area contributed by atoms with Crippen LogP contribution < -0.4 is 9.47 Å². The number of halogens is 4. The predicted octanol–water partition coefficient (Wildman–Crippen LogP) is 4.14. The second kappa shape index (κ2) is 3.63. The Morgan fingerprint density at radius 3 is 2.22 bits per heavy atom. The molecule has 0 unspecified atom stereocenters. The molecule has 0 amide bonds. The van der Waals surface area contributed by atoms with Gasteiger partial charge in [0, 0.05) is 12.1 Å². The third-order valence-corrected chi connectivity index (χ3v) is 2.42. The molecule has 0 spiro atoms. The molecule has 0 aromatic heterocycles. The molecule has 1 aliphatic rings. The van der Waals surface area contributed by atoms with E-state index in [4.69, 9.17) is 9.47 Å². The van der Waals surface area contributed by atoms with Gasteiger partial charge in [-0.15, -0.1) is 0 Å². The number of hydrogen-bond acceptors (Lipinski definition) is 2. The van der Waals surface area contributed by atoms with Crippen molar-refractivity contribution in [1.82, 2.24) is 0 Å². The highest BCUT2D eigenvalue weighted by Gasteiger charge is 2.28. The van der Waals surface area contributed by atoms with E-state index in [0.29, 0.717) is 6.07 Å². The summed E-state index contributed by atoms with van der Waals surface area (Å²) in [6.45, 7) is 0. The third kappa shape index (κ3) is 1.49. The molecule has 2 aromatic rings. The summed E-state index contributed by atoms with van der Waals surface area (Å²) in [7, 11) is 0. The molecule has 1 heterocycles. The SMILES string of the molecule is Fc1ccc2c(c1)Oc1c(F)cc(F)c(F)c1O2. The lowest BCUT2D eigenvalue weighted by molar-refractivity contribution is 0.315. The molecule has 0 fully saturated rings. The summed E-state index contributed by atoms with van der Waals surface area (Å²) >= 11 is 0. The van der Waals surface area contributed by atoms with Crippen molar-refractivity contribution in [2.75, 3.05) is 0 Å². The van der Waals surface area contributed by atoms with Gasteiger partial charge in [0.05, 0.1) is 0 Å². The van der Waals surface area contributed by atoms with Crippen LogP contribution in [-0.4, -0.2) is 0 Å². The minimum absolute atomic E-state index is 0.0206. The van der Waals surface area contributed by atoms with Gasteiger partial charge in [0.15, 0.2) is 23.1 Å². The Morgan fingerprint density at radius 1 is 0.722 bits per heavy atom. The van der Waals surface area contributed by atoms with Crippen molar-refractivity contribution in [1.29, 1.82) is 0 Å². The lowest BCUT2D eigenvalue weighted by Gasteiger charge is -2.21. The second-order valence-corrected chi connectivity index (χ2v) is 3.61. The van der Waals surface area contributed by atoms with E-state index in [2.05, 4.69) is 0 Å². The molecule has 0 saturated heterocycles. The molecule has 2 aromatic carbocycles. The van der Waals surface area contributed by atoms with Crippen LogP contribution in [0, 0.1) is 23.3 Å². The van der Waals surface area contributed by atoms with Crippen LogP contribution in [0.3, 0.4) is 0 Å². The average Bonchev–Trinajstić information content (AvgIpc) is 2.34. The van der Waals surface area contributed by atoms with Gasteiger partial charge in [0.25, 0.3) is 0 Å². The maximum Gasteiger partial charge on any atom is 0.211 e. The molecule has 0 N–H and O–H groups in total. The summed E-state index contributed by atoms with van der Waals surface area (Å²) in [5, 5.41) is 0. The van der Waals surface area contributed by atoms with Crippen molar-refractivity contribution in [3.8, 4) is 23.0 Å². The molecule has 92 valence electrons. The van der Waals surface area contributed by atoms with Crippen LogP contribution in [0.5, 0.6) is 23.0 Å². The molecule has 0 radical (unpaired) electrons. The summed E-state index contributed by atoms with van der Waals surface area (Å²) in [4.78, 5) is 0. The minimum Gasteiger partial charge on any atom is -0.446 e. The van der Waals surface area contributed by atoms with E-state index in [1.54, 1.807) is 0 Å². The first kappa shape index (κ1) is 10.9. The molecular formula is C12H4F4O2. The normalized spacial score (nSPS) is 12.2. The molecule has 2 nitrogen and oxygen atoms in total. The minimum atomic E-state index is -1.39. The highest BCUT2D eigenvalue weighted by molar-refractivity contribution is 5.55. The number of benzene rings is 2. The Labute approximate surface area is 98.4 Å². The third-order valence-electron chi connectivity index (χ3n) is 2.42. The van der Waals surface area contributed by atoms with Gasteiger partial charge in [0.1, 0.15) is 5.82 Å². The zero-order valence-electron chi connectivity index (χ0n) is 8.64. The van der Waals surface area contributed by atoms with Crippen molar-refractivity contribution in [3.63, 3.8) is 0 Å². The molecule has 0 aliphatic carbocycles. The maximum absolute atomic E-state index is 13.4. The van der Waals surface area contributed by atoms with Crippen LogP contribution >= 0.6 is 0 Å². The van der Waals surface area contributed by atoms with Crippen LogP contribution in [0.25, 0.3) is 0 Å². The molecule has 0 saturated carbocycles. The predicted molar refractivity (Wildman–Crippen MR) is 52.9 cm³/mol. The van der Waals surface area contributed by atoms with Gasteiger partial charge in [-0.3, -0.25) is 0 Å². The Bertz CT molecular complexity index is 655. The van der Waals surface area contributed by atoms with E-state index in [1.165, 1.54) is 6.07 Å². The van der Waals surface area contributed by atoms with Crippen molar-refractivity contribution < 1.29 is 27.0 Å². The van der Waals surface area contributed by atoms with E-state index >= 15 is 0 Å². The summed E-state index contributed by atoms with van der Waals surface area (Å²) < 4.78 is 62.7. The van der Waals surface area contributed by atoms with Crippen LogP contribution in [0.2, 0.25) is 0 Å². The van der Waals surface area contributed by atoms with Crippen LogP contribution in [0.4, 0.5) is 17.6 Å². The fourth-order valence-electron chi connectivity index (χ4n) is 1.61. The molecule has 3 rings (SSSR count). The van der Waals surface area contributed by atoms with Gasteiger partial charge in [-0.2, -0.15) is 4.39 Å². The number of hydrogen-bond donors (Lipinski definition) is 0. The van der Waals surface area contributed by atoms with Gasteiger partial charge in [-0.05, 0) is 12.1 Å². The fourth-order valence-corrected chi connectivity index (χ4v) is 1.61. The second-order valence-electron chi connectivity index (χ2n) is 3.61. The van der Waals surface area contributed by atoms with Crippen LogP contribution in [0.15, 0.2) is 24.3 Å². The molecule has 0 bridgehead atoms. The Morgan fingerprint density at radius 2 is 1.44 bits per heavy atom. The highest BCUT2D eigenvalue weighted by atomic mass is 19.2. The quantitative estimate of drug-likeness (QED) is 0.444.